The summed E-state index contributed by atoms with van der Waals surface area (Å²) in [5.74, 6) is -3.61. The van der Waals surface area contributed by atoms with E-state index in [4.69, 9.17) is 11.1 Å². The first-order valence-electron chi connectivity index (χ1n) is 11.3. The predicted molar refractivity (Wildman–Crippen MR) is 136 cm³/mol. The predicted octanol–water partition coefficient (Wildman–Crippen LogP) is 4.65. The van der Waals surface area contributed by atoms with Crippen LogP contribution in [0.3, 0.4) is 0 Å². The number of hydrogen-bond donors (Lipinski definition) is 6. The van der Waals surface area contributed by atoms with Crippen LogP contribution in [0.15, 0.2) is 54.6 Å². The zero-order valence-electron chi connectivity index (χ0n) is 19.7. The van der Waals surface area contributed by atoms with Crippen LogP contribution in [-0.4, -0.2) is 43.1 Å². The van der Waals surface area contributed by atoms with E-state index in [0.29, 0.717) is 27.7 Å². The van der Waals surface area contributed by atoms with Gasteiger partial charge in [0, 0.05) is 11.1 Å². The quantitative estimate of drug-likeness (QED) is 0.155. The highest BCUT2D eigenvalue weighted by molar-refractivity contribution is 5.98. The molecule has 9 heteroatoms. The van der Waals surface area contributed by atoms with E-state index in [0.717, 1.165) is 5.56 Å². The van der Waals surface area contributed by atoms with E-state index >= 15 is 0 Å². The van der Waals surface area contributed by atoms with Gasteiger partial charge in [-0.2, -0.15) is 0 Å². The van der Waals surface area contributed by atoms with Crippen LogP contribution < -0.4 is 5.73 Å². The lowest BCUT2D eigenvalue weighted by Crippen LogP contribution is -2.16. The Kier molecular flexibility index (Phi) is 6.48. The maximum atomic E-state index is 12.0. The van der Waals surface area contributed by atoms with Gasteiger partial charge in [0.2, 0.25) is 0 Å². The first-order valence-corrected chi connectivity index (χ1v) is 11.3. The number of nitrogens with two attached hydrogens (primary N) is 1. The summed E-state index contributed by atoms with van der Waals surface area (Å²) < 4.78 is 0. The number of amidine groups is 1. The molecule has 0 saturated carbocycles. The Morgan fingerprint density at radius 1 is 1.03 bits per heavy atom. The van der Waals surface area contributed by atoms with E-state index in [1.54, 1.807) is 24.3 Å². The lowest BCUT2D eigenvalue weighted by Gasteiger charge is -2.17. The van der Waals surface area contributed by atoms with Gasteiger partial charge in [0.1, 0.15) is 17.4 Å². The number of phenols is 1. The standard InChI is InChI=1S/C27H26N4O5/c1-13(2)14-4-3-5-15(8-14)18-9-17(19(27(35)36)12-23(32)33)10-20(24(18)34)26-30-21-7-6-16(25(28)29)11-22(21)31-26/h3-11,13,19,34H,12H2,1-2H3,(H3,28,29)(H,30,31)(H,32,33)(H,35,36). The second kappa shape index (κ2) is 9.53. The Morgan fingerprint density at radius 3 is 2.39 bits per heavy atom. The first kappa shape index (κ1) is 24.5. The molecule has 0 radical (unpaired) electrons. The Morgan fingerprint density at radius 2 is 1.75 bits per heavy atom. The fourth-order valence-electron chi connectivity index (χ4n) is 4.15. The summed E-state index contributed by atoms with van der Waals surface area (Å²) in [4.78, 5) is 31.1. The molecule has 1 heterocycles. The summed E-state index contributed by atoms with van der Waals surface area (Å²) in [5, 5.41) is 38.1. The molecule has 0 aliphatic carbocycles. The van der Waals surface area contributed by atoms with Gasteiger partial charge in [-0.15, -0.1) is 0 Å². The molecule has 0 bridgehead atoms. The number of rotatable bonds is 8. The largest absolute Gasteiger partial charge is 0.507 e. The van der Waals surface area contributed by atoms with Crippen molar-refractivity contribution < 1.29 is 24.9 Å². The molecule has 1 atom stereocenters. The zero-order chi connectivity index (χ0) is 26.1. The van der Waals surface area contributed by atoms with Gasteiger partial charge >= 0.3 is 11.9 Å². The molecule has 36 heavy (non-hydrogen) atoms. The fourth-order valence-corrected chi connectivity index (χ4v) is 4.15. The lowest BCUT2D eigenvalue weighted by molar-refractivity contribution is -0.145. The van der Waals surface area contributed by atoms with Gasteiger partial charge in [-0.25, -0.2) is 4.98 Å². The van der Waals surface area contributed by atoms with Crippen molar-refractivity contribution in [1.82, 2.24) is 9.97 Å². The second-order valence-electron chi connectivity index (χ2n) is 8.96. The molecule has 0 amide bonds. The van der Waals surface area contributed by atoms with Crippen molar-refractivity contribution in [3.8, 4) is 28.3 Å². The van der Waals surface area contributed by atoms with Gasteiger partial charge in [0.15, 0.2) is 0 Å². The van der Waals surface area contributed by atoms with Crippen LogP contribution in [-0.2, 0) is 9.59 Å². The van der Waals surface area contributed by atoms with E-state index in [1.807, 2.05) is 32.0 Å². The van der Waals surface area contributed by atoms with Gasteiger partial charge in [0.05, 0.1) is 28.9 Å². The molecule has 0 fully saturated rings. The number of phenolic OH excluding ortho intramolecular Hbond substituents is 1. The average Bonchev–Trinajstić information content (AvgIpc) is 3.25. The highest BCUT2D eigenvalue weighted by atomic mass is 16.4. The third-order valence-corrected chi connectivity index (χ3v) is 6.12. The van der Waals surface area contributed by atoms with Crippen LogP contribution in [0.5, 0.6) is 5.75 Å². The van der Waals surface area contributed by atoms with Gasteiger partial charge < -0.3 is 26.0 Å². The Bertz CT molecular complexity index is 1510. The number of aliphatic carboxylic acids is 2. The number of nitrogens with zero attached hydrogens (tertiary/aromatic N) is 1. The van der Waals surface area contributed by atoms with Crippen LogP contribution in [0.2, 0.25) is 0 Å². The summed E-state index contributed by atoms with van der Waals surface area (Å²) >= 11 is 0. The van der Waals surface area contributed by atoms with Crippen molar-refractivity contribution in [1.29, 1.82) is 5.41 Å². The maximum Gasteiger partial charge on any atom is 0.311 e. The number of aromatic nitrogens is 2. The Hall–Kier alpha value is -4.66. The molecule has 7 N–H and O–H groups in total. The lowest BCUT2D eigenvalue weighted by atomic mass is 9.88. The molecular weight excluding hydrogens is 460 g/mol. The Labute approximate surface area is 206 Å². The maximum absolute atomic E-state index is 12.0. The van der Waals surface area contributed by atoms with Crippen LogP contribution >= 0.6 is 0 Å². The molecule has 184 valence electrons. The number of nitrogens with one attached hydrogen (secondary N) is 2. The normalized spacial score (nSPS) is 12.1. The summed E-state index contributed by atoms with van der Waals surface area (Å²) in [6, 6.07) is 15.5. The van der Waals surface area contributed by atoms with Gasteiger partial charge in [-0.3, -0.25) is 15.0 Å². The SMILES string of the molecule is CC(C)c1cccc(-c2cc(C(CC(=O)O)C(=O)O)cc(-c3nc4cc(C(=N)N)ccc4[nH]3)c2O)c1. The molecule has 4 aromatic rings. The van der Waals surface area contributed by atoms with Crippen molar-refractivity contribution in [3.05, 3.63) is 71.3 Å². The summed E-state index contributed by atoms with van der Waals surface area (Å²) in [6.07, 6.45) is -0.618. The number of aromatic hydroxyl groups is 1. The van der Waals surface area contributed by atoms with Gasteiger partial charge in [0.25, 0.3) is 0 Å². The number of aromatic amines is 1. The second-order valence-corrected chi connectivity index (χ2v) is 8.96. The highest BCUT2D eigenvalue weighted by Crippen LogP contribution is 2.41. The molecule has 0 aliphatic heterocycles. The highest BCUT2D eigenvalue weighted by Gasteiger charge is 2.27. The summed E-state index contributed by atoms with van der Waals surface area (Å²) in [6.45, 7) is 4.08. The van der Waals surface area contributed by atoms with E-state index in [-0.39, 0.29) is 34.5 Å². The molecule has 4 rings (SSSR count). The fraction of sp³-hybridized carbons (Fsp3) is 0.185. The van der Waals surface area contributed by atoms with E-state index in [2.05, 4.69) is 9.97 Å². The van der Waals surface area contributed by atoms with Crippen LogP contribution in [0.4, 0.5) is 0 Å². The van der Waals surface area contributed by atoms with E-state index in [1.165, 1.54) is 12.1 Å². The molecule has 0 spiro atoms. The minimum atomic E-state index is -1.33. The van der Waals surface area contributed by atoms with Gasteiger partial charge in [-0.1, -0.05) is 38.1 Å². The number of benzene rings is 3. The average molecular weight is 487 g/mol. The van der Waals surface area contributed by atoms with Gasteiger partial charge in [-0.05, 0) is 52.9 Å². The molecule has 1 aromatic heterocycles. The van der Waals surface area contributed by atoms with Crippen molar-refractivity contribution in [2.75, 3.05) is 0 Å². The molecule has 1 unspecified atom stereocenters. The third-order valence-electron chi connectivity index (χ3n) is 6.12. The van der Waals surface area contributed by atoms with Crippen molar-refractivity contribution in [2.24, 2.45) is 5.73 Å². The number of hydrogen-bond acceptors (Lipinski definition) is 5. The number of carboxylic acid groups (broad SMARTS) is 2. The number of fused-ring (bicyclic) bond motifs is 1. The smallest absolute Gasteiger partial charge is 0.311 e. The van der Waals surface area contributed by atoms with Crippen molar-refractivity contribution in [3.63, 3.8) is 0 Å². The van der Waals surface area contributed by atoms with Crippen LogP contribution in [0.25, 0.3) is 33.5 Å². The van der Waals surface area contributed by atoms with E-state index in [9.17, 15) is 24.9 Å². The Balaban J connectivity index is 1.97. The molecule has 3 aromatic carbocycles. The first-order chi connectivity index (χ1) is 17.0. The van der Waals surface area contributed by atoms with E-state index < -0.39 is 24.3 Å². The zero-order valence-corrected chi connectivity index (χ0v) is 19.7. The summed E-state index contributed by atoms with van der Waals surface area (Å²) in [5.41, 5.74) is 9.72. The monoisotopic (exact) mass is 486 g/mol. The molecular formula is C27H26N4O5. The number of imidazole rings is 1. The number of H-pyrrole nitrogens is 1. The number of carbonyl (C=O) groups is 2. The molecule has 0 aliphatic rings. The molecule has 0 saturated heterocycles. The minimum absolute atomic E-state index is 0.114. The van der Waals surface area contributed by atoms with Crippen LogP contribution in [0, 0.1) is 5.41 Å². The third kappa shape index (κ3) is 4.76. The van der Waals surface area contributed by atoms with Crippen LogP contribution in [0.1, 0.15) is 48.8 Å². The minimum Gasteiger partial charge on any atom is -0.507 e. The summed E-state index contributed by atoms with van der Waals surface area (Å²) in [7, 11) is 0. The number of carboxylic acids is 2. The van der Waals surface area contributed by atoms with Crippen molar-refractivity contribution in [2.45, 2.75) is 32.1 Å². The van der Waals surface area contributed by atoms with Crippen molar-refractivity contribution >= 4 is 28.8 Å². The topological polar surface area (TPSA) is 173 Å². The molecule has 9 nitrogen and oxygen atoms in total. The number of nitrogen functional groups attached to an aromatic ring is 1.